The van der Waals surface area contributed by atoms with Crippen LogP contribution < -0.4 is 5.32 Å². The van der Waals surface area contributed by atoms with Crippen molar-refractivity contribution in [3.05, 3.63) is 47.7 Å². The molecule has 7 heteroatoms. The van der Waals surface area contributed by atoms with Crippen molar-refractivity contribution in [2.45, 2.75) is 25.9 Å². The van der Waals surface area contributed by atoms with E-state index >= 15 is 0 Å². The Balaban J connectivity index is 2.50. The van der Waals surface area contributed by atoms with Gasteiger partial charge in [-0.1, -0.05) is 36.4 Å². The minimum atomic E-state index is -0.761. The van der Waals surface area contributed by atoms with E-state index in [1.54, 1.807) is 0 Å². The van der Waals surface area contributed by atoms with Gasteiger partial charge in [0, 0.05) is 6.42 Å². The smallest absolute Gasteiger partial charge is 0.412 e. The molecule has 1 amide bonds. The van der Waals surface area contributed by atoms with Crippen molar-refractivity contribution in [3.63, 3.8) is 0 Å². The molecule has 0 unspecified atom stereocenters. The van der Waals surface area contributed by atoms with E-state index in [-0.39, 0.29) is 24.7 Å². The number of nitrogens with one attached hydrogen (secondary N) is 1. The number of carbonyl (C=O) groups excluding carboxylic acids is 3. The van der Waals surface area contributed by atoms with E-state index in [0.29, 0.717) is 12.8 Å². The Hall–Kier alpha value is -2.83. The minimum absolute atomic E-state index is 0.0274. The fourth-order valence-electron chi connectivity index (χ4n) is 1.76. The highest BCUT2D eigenvalue weighted by Crippen LogP contribution is 2.05. The third-order valence-corrected chi connectivity index (χ3v) is 3.02. The van der Waals surface area contributed by atoms with E-state index in [0.717, 1.165) is 5.56 Å². The summed E-state index contributed by atoms with van der Waals surface area (Å²) in [6.45, 7) is 0.0868. The molecule has 0 aliphatic heterocycles. The number of hydrogen-bond donors (Lipinski definition) is 1. The van der Waals surface area contributed by atoms with Gasteiger partial charge in [-0.2, -0.15) is 0 Å². The normalized spacial score (nSPS) is 10.7. The lowest BCUT2D eigenvalue weighted by Gasteiger charge is -2.09. The number of unbranched alkanes of at least 4 members (excludes halogenated alkanes) is 1. The number of benzene rings is 1. The van der Waals surface area contributed by atoms with Gasteiger partial charge in [0.15, 0.2) is 0 Å². The van der Waals surface area contributed by atoms with Gasteiger partial charge in [-0.3, -0.25) is 10.1 Å². The molecule has 0 saturated heterocycles. The SMILES string of the molecule is COC(=O)CCC/C=C(\NC(=O)OCc1ccccc1)C(=O)OC. The number of amides is 1. The summed E-state index contributed by atoms with van der Waals surface area (Å²) in [7, 11) is 2.52. The lowest BCUT2D eigenvalue weighted by molar-refractivity contribution is -0.140. The molecule has 0 aliphatic rings. The van der Waals surface area contributed by atoms with Crippen molar-refractivity contribution in [1.29, 1.82) is 0 Å². The van der Waals surface area contributed by atoms with Crippen molar-refractivity contribution in [2.75, 3.05) is 14.2 Å². The van der Waals surface area contributed by atoms with E-state index in [1.165, 1.54) is 20.3 Å². The minimum Gasteiger partial charge on any atom is -0.469 e. The highest BCUT2D eigenvalue weighted by molar-refractivity contribution is 5.92. The standard InChI is InChI=1S/C17H21NO6/c1-22-15(19)11-7-6-10-14(16(20)23-2)18-17(21)24-12-13-8-4-3-5-9-13/h3-5,8-10H,6-7,11-12H2,1-2H3,(H,18,21)/b14-10-. The predicted octanol–water partition coefficient (Wildman–Crippen LogP) is 2.31. The van der Waals surface area contributed by atoms with Crippen LogP contribution in [0.15, 0.2) is 42.1 Å². The van der Waals surface area contributed by atoms with E-state index in [1.807, 2.05) is 30.3 Å². The summed E-state index contributed by atoms with van der Waals surface area (Å²) in [4.78, 5) is 34.5. The number of alkyl carbamates (subject to hydrolysis) is 1. The Kier molecular flexibility index (Phi) is 8.67. The van der Waals surface area contributed by atoms with Crippen LogP contribution in [-0.2, 0) is 30.4 Å². The van der Waals surface area contributed by atoms with Gasteiger partial charge in [-0.25, -0.2) is 9.59 Å². The lowest BCUT2D eigenvalue weighted by atomic mass is 10.2. The Morgan fingerprint density at radius 3 is 2.42 bits per heavy atom. The van der Waals surface area contributed by atoms with Crippen LogP contribution in [0.25, 0.3) is 0 Å². The molecule has 0 aliphatic carbocycles. The number of allylic oxidation sites excluding steroid dienone is 1. The average Bonchev–Trinajstić information content (AvgIpc) is 2.62. The summed E-state index contributed by atoms with van der Waals surface area (Å²) in [5.74, 6) is -1.03. The van der Waals surface area contributed by atoms with Crippen molar-refractivity contribution >= 4 is 18.0 Å². The summed E-state index contributed by atoms with van der Waals surface area (Å²) in [5, 5.41) is 2.35. The van der Waals surface area contributed by atoms with Crippen LogP contribution in [0.3, 0.4) is 0 Å². The van der Waals surface area contributed by atoms with Gasteiger partial charge < -0.3 is 14.2 Å². The van der Waals surface area contributed by atoms with E-state index in [2.05, 4.69) is 14.8 Å². The third-order valence-electron chi connectivity index (χ3n) is 3.02. The molecule has 0 spiro atoms. The number of esters is 2. The topological polar surface area (TPSA) is 90.9 Å². The zero-order valence-corrected chi connectivity index (χ0v) is 13.7. The van der Waals surface area contributed by atoms with Crippen LogP contribution in [-0.4, -0.2) is 32.3 Å². The second-order valence-electron chi connectivity index (χ2n) is 4.76. The second kappa shape index (κ2) is 10.8. The van der Waals surface area contributed by atoms with Crippen LogP contribution in [0.4, 0.5) is 4.79 Å². The van der Waals surface area contributed by atoms with Crippen LogP contribution in [0.1, 0.15) is 24.8 Å². The highest BCUT2D eigenvalue weighted by atomic mass is 16.6. The molecular formula is C17H21NO6. The molecule has 7 nitrogen and oxygen atoms in total. The molecule has 0 atom stereocenters. The molecule has 24 heavy (non-hydrogen) atoms. The quantitative estimate of drug-likeness (QED) is 0.339. The molecule has 0 radical (unpaired) electrons. The molecule has 1 aromatic rings. The highest BCUT2D eigenvalue weighted by Gasteiger charge is 2.14. The Morgan fingerprint density at radius 1 is 1.08 bits per heavy atom. The first-order valence-electron chi connectivity index (χ1n) is 7.39. The van der Waals surface area contributed by atoms with Crippen LogP contribution in [0.2, 0.25) is 0 Å². The van der Waals surface area contributed by atoms with Crippen molar-refractivity contribution in [3.8, 4) is 0 Å². The summed E-state index contributed by atoms with van der Waals surface area (Å²) < 4.78 is 14.2. The maximum absolute atomic E-state index is 11.8. The van der Waals surface area contributed by atoms with Crippen molar-refractivity contribution < 1.29 is 28.6 Å². The predicted molar refractivity (Wildman–Crippen MR) is 85.7 cm³/mol. The maximum Gasteiger partial charge on any atom is 0.412 e. The van der Waals surface area contributed by atoms with Gasteiger partial charge >= 0.3 is 18.0 Å². The number of hydrogen-bond acceptors (Lipinski definition) is 6. The van der Waals surface area contributed by atoms with E-state index < -0.39 is 12.1 Å². The zero-order valence-electron chi connectivity index (χ0n) is 13.7. The summed E-state index contributed by atoms with van der Waals surface area (Å²) in [6.07, 6.45) is 1.83. The molecule has 0 aromatic heterocycles. The van der Waals surface area contributed by atoms with E-state index in [4.69, 9.17) is 4.74 Å². The average molecular weight is 335 g/mol. The van der Waals surface area contributed by atoms with Gasteiger partial charge in [0.25, 0.3) is 0 Å². The molecule has 1 N–H and O–H groups in total. The first-order valence-corrected chi connectivity index (χ1v) is 7.39. The van der Waals surface area contributed by atoms with Crippen LogP contribution in [0.5, 0.6) is 0 Å². The van der Waals surface area contributed by atoms with Gasteiger partial charge in [-0.05, 0) is 18.4 Å². The number of rotatable bonds is 8. The third kappa shape index (κ3) is 7.44. The van der Waals surface area contributed by atoms with Gasteiger partial charge in [-0.15, -0.1) is 0 Å². The lowest BCUT2D eigenvalue weighted by Crippen LogP contribution is -2.28. The first-order chi connectivity index (χ1) is 11.6. The maximum atomic E-state index is 11.8. The van der Waals surface area contributed by atoms with Crippen molar-refractivity contribution in [1.82, 2.24) is 5.32 Å². The monoisotopic (exact) mass is 335 g/mol. The zero-order chi connectivity index (χ0) is 17.8. The fraction of sp³-hybridized carbons (Fsp3) is 0.353. The summed E-state index contributed by atoms with van der Waals surface area (Å²) in [5.41, 5.74) is 0.801. The number of ether oxygens (including phenoxy) is 3. The molecule has 0 saturated carbocycles. The van der Waals surface area contributed by atoms with E-state index in [9.17, 15) is 14.4 Å². The molecule has 130 valence electrons. The number of methoxy groups -OCH3 is 2. The Morgan fingerprint density at radius 2 is 1.79 bits per heavy atom. The molecule has 0 fully saturated rings. The van der Waals surface area contributed by atoms with Gasteiger partial charge in [0.05, 0.1) is 14.2 Å². The molecular weight excluding hydrogens is 314 g/mol. The van der Waals surface area contributed by atoms with Crippen molar-refractivity contribution in [2.24, 2.45) is 0 Å². The molecule has 0 bridgehead atoms. The van der Waals surface area contributed by atoms with Gasteiger partial charge in [0.1, 0.15) is 12.3 Å². The van der Waals surface area contributed by atoms with Crippen LogP contribution >= 0.6 is 0 Å². The Labute approximate surface area is 140 Å². The molecule has 1 aromatic carbocycles. The summed E-state index contributed by atoms with van der Waals surface area (Å²) >= 11 is 0. The first kappa shape index (κ1) is 19.2. The second-order valence-corrected chi connectivity index (χ2v) is 4.76. The number of carbonyl (C=O) groups is 3. The Bertz CT molecular complexity index is 582. The van der Waals surface area contributed by atoms with Crippen LogP contribution in [0, 0.1) is 0 Å². The van der Waals surface area contributed by atoms with Gasteiger partial charge in [0.2, 0.25) is 0 Å². The summed E-state index contributed by atoms with van der Waals surface area (Å²) in [6, 6.07) is 9.15. The largest absolute Gasteiger partial charge is 0.469 e. The molecule has 1 rings (SSSR count). The molecule has 0 heterocycles. The fourth-order valence-corrected chi connectivity index (χ4v) is 1.76.